The van der Waals surface area contributed by atoms with Gasteiger partial charge in [0.1, 0.15) is 11.8 Å². The van der Waals surface area contributed by atoms with Crippen LogP contribution in [0.5, 0.6) is 5.88 Å². The van der Waals surface area contributed by atoms with Gasteiger partial charge in [-0.2, -0.15) is 5.26 Å². The van der Waals surface area contributed by atoms with Gasteiger partial charge in [0.2, 0.25) is 5.88 Å². The number of nitrogen functional groups attached to an aromatic ring is 1. The second-order valence-electron chi connectivity index (χ2n) is 3.23. The summed E-state index contributed by atoms with van der Waals surface area (Å²) in [6.45, 7) is 4.09. The fourth-order valence-corrected chi connectivity index (χ4v) is 1.45. The van der Waals surface area contributed by atoms with E-state index in [0.29, 0.717) is 17.3 Å². The van der Waals surface area contributed by atoms with Crippen LogP contribution in [0.2, 0.25) is 0 Å². The first-order valence-electron chi connectivity index (χ1n) is 4.60. The van der Waals surface area contributed by atoms with Crippen LogP contribution in [-0.2, 0) is 0 Å². The molecule has 76 valence electrons. The third-order valence-electron chi connectivity index (χ3n) is 2.36. The van der Waals surface area contributed by atoms with Crippen LogP contribution >= 0.6 is 0 Å². The molecule has 1 unspecified atom stereocenters. The molecule has 0 saturated heterocycles. The number of nitrogens with zero attached hydrogens (tertiary/aromatic N) is 2. The number of methoxy groups -OCH3 is 1. The molecule has 14 heavy (non-hydrogen) atoms. The molecule has 1 heterocycles. The Labute approximate surface area is 83.9 Å². The van der Waals surface area contributed by atoms with Gasteiger partial charge in [-0.15, -0.1) is 0 Å². The van der Waals surface area contributed by atoms with E-state index in [0.717, 1.165) is 6.42 Å². The molecule has 0 aliphatic rings. The van der Waals surface area contributed by atoms with Gasteiger partial charge in [0.05, 0.1) is 12.8 Å². The molecule has 1 aromatic heterocycles. The van der Waals surface area contributed by atoms with Gasteiger partial charge >= 0.3 is 0 Å². The summed E-state index contributed by atoms with van der Waals surface area (Å²) >= 11 is 0. The highest BCUT2D eigenvalue weighted by Gasteiger charge is 2.16. The molecule has 1 atom stereocenters. The molecule has 0 saturated carbocycles. The van der Waals surface area contributed by atoms with Crippen molar-refractivity contribution >= 4 is 5.69 Å². The van der Waals surface area contributed by atoms with Crippen LogP contribution in [0.3, 0.4) is 0 Å². The zero-order valence-electron chi connectivity index (χ0n) is 8.74. The maximum absolute atomic E-state index is 8.91. The Bertz CT molecular complexity index is 362. The topological polar surface area (TPSA) is 64.0 Å². The second-order valence-corrected chi connectivity index (χ2v) is 3.23. The van der Waals surface area contributed by atoms with Crippen molar-refractivity contribution in [3.63, 3.8) is 0 Å². The smallest absolute Gasteiger partial charge is 0.218 e. The minimum atomic E-state index is 0.219. The van der Waals surface area contributed by atoms with Crippen molar-refractivity contribution in [2.75, 3.05) is 12.8 Å². The molecule has 1 aromatic rings. The van der Waals surface area contributed by atoms with Crippen LogP contribution in [0, 0.1) is 11.3 Å². The predicted molar refractivity (Wildman–Crippen MR) is 55.1 cm³/mol. The summed E-state index contributed by atoms with van der Waals surface area (Å²) in [7, 11) is 1.56. The maximum Gasteiger partial charge on any atom is 0.218 e. The summed E-state index contributed by atoms with van der Waals surface area (Å²) < 4.78 is 7.00. The average molecular weight is 193 g/mol. The first-order chi connectivity index (χ1) is 6.65. The van der Waals surface area contributed by atoms with Gasteiger partial charge in [0.25, 0.3) is 0 Å². The summed E-state index contributed by atoms with van der Waals surface area (Å²) in [5, 5.41) is 8.91. The molecule has 4 nitrogen and oxygen atoms in total. The highest BCUT2D eigenvalue weighted by atomic mass is 16.5. The highest BCUT2D eigenvalue weighted by Crippen LogP contribution is 2.30. The van der Waals surface area contributed by atoms with Gasteiger partial charge < -0.3 is 10.5 Å². The van der Waals surface area contributed by atoms with Gasteiger partial charge in [-0.1, -0.05) is 6.92 Å². The third kappa shape index (κ3) is 1.53. The lowest BCUT2D eigenvalue weighted by molar-refractivity contribution is 0.353. The van der Waals surface area contributed by atoms with Crippen molar-refractivity contribution in [3.8, 4) is 11.9 Å². The molecule has 1 rings (SSSR count). The molecule has 0 aliphatic heterocycles. The Morgan fingerprint density at radius 1 is 1.71 bits per heavy atom. The quantitative estimate of drug-likeness (QED) is 0.797. The Hall–Kier alpha value is -1.63. The van der Waals surface area contributed by atoms with E-state index in [4.69, 9.17) is 15.7 Å². The van der Waals surface area contributed by atoms with Crippen LogP contribution in [0.25, 0.3) is 0 Å². The Balaban J connectivity index is 3.29. The maximum atomic E-state index is 8.91. The molecule has 0 aliphatic carbocycles. The molecule has 2 N–H and O–H groups in total. The lowest BCUT2D eigenvalue weighted by Gasteiger charge is -2.15. The monoisotopic (exact) mass is 193 g/mol. The summed E-state index contributed by atoms with van der Waals surface area (Å²) in [5.41, 5.74) is 6.79. The summed E-state index contributed by atoms with van der Waals surface area (Å²) in [4.78, 5) is 0. The molecular formula is C10H15N3O. The zero-order valence-corrected chi connectivity index (χ0v) is 8.74. The van der Waals surface area contributed by atoms with E-state index in [1.54, 1.807) is 13.2 Å². The second kappa shape index (κ2) is 4.05. The first-order valence-corrected chi connectivity index (χ1v) is 4.60. The minimum absolute atomic E-state index is 0.219. The standard InChI is InChI=1S/C10H15N3O/c1-4-7(2)13-8(6-11)5-9(12)10(13)14-3/h5,7H,4,12H2,1-3H3. The number of anilines is 1. The highest BCUT2D eigenvalue weighted by molar-refractivity contribution is 5.55. The Morgan fingerprint density at radius 3 is 2.79 bits per heavy atom. The Kier molecular flexibility index (Phi) is 3.03. The van der Waals surface area contributed by atoms with E-state index in [9.17, 15) is 0 Å². The van der Waals surface area contributed by atoms with Crippen molar-refractivity contribution in [2.24, 2.45) is 0 Å². The molecule has 4 heteroatoms. The lowest BCUT2D eigenvalue weighted by Crippen LogP contribution is -2.08. The van der Waals surface area contributed by atoms with E-state index in [1.165, 1.54) is 0 Å². The van der Waals surface area contributed by atoms with Crippen molar-refractivity contribution in [1.82, 2.24) is 4.57 Å². The summed E-state index contributed by atoms with van der Waals surface area (Å²) in [5.74, 6) is 0.580. The van der Waals surface area contributed by atoms with E-state index < -0.39 is 0 Å². The summed E-state index contributed by atoms with van der Waals surface area (Å²) in [6.07, 6.45) is 0.930. The van der Waals surface area contributed by atoms with Gasteiger partial charge in [-0.3, -0.25) is 4.57 Å². The van der Waals surface area contributed by atoms with Crippen LogP contribution in [-0.4, -0.2) is 11.7 Å². The van der Waals surface area contributed by atoms with Crippen LogP contribution in [0.1, 0.15) is 32.0 Å². The van der Waals surface area contributed by atoms with Crippen LogP contribution < -0.4 is 10.5 Å². The van der Waals surface area contributed by atoms with Crippen molar-refractivity contribution in [3.05, 3.63) is 11.8 Å². The molecule has 0 radical (unpaired) electrons. The number of hydrogen-bond acceptors (Lipinski definition) is 3. The normalized spacial score (nSPS) is 12.1. The number of hydrogen-bond donors (Lipinski definition) is 1. The van der Waals surface area contributed by atoms with E-state index in [-0.39, 0.29) is 6.04 Å². The SMILES string of the molecule is CCC(C)n1c(C#N)cc(N)c1OC. The Morgan fingerprint density at radius 2 is 2.36 bits per heavy atom. The van der Waals surface area contributed by atoms with E-state index >= 15 is 0 Å². The third-order valence-corrected chi connectivity index (χ3v) is 2.36. The lowest BCUT2D eigenvalue weighted by atomic mass is 10.2. The number of aromatic nitrogens is 1. The fourth-order valence-electron chi connectivity index (χ4n) is 1.45. The zero-order chi connectivity index (χ0) is 10.7. The number of ether oxygens (including phenoxy) is 1. The van der Waals surface area contributed by atoms with Gasteiger partial charge in [0, 0.05) is 12.1 Å². The van der Waals surface area contributed by atoms with Gasteiger partial charge in [-0.05, 0) is 13.3 Å². The average Bonchev–Trinajstić information content (AvgIpc) is 2.53. The van der Waals surface area contributed by atoms with E-state index in [2.05, 4.69) is 13.0 Å². The van der Waals surface area contributed by atoms with Crippen LogP contribution in [0.15, 0.2) is 6.07 Å². The first kappa shape index (κ1) is 10.5. The molecule has 0 fully saturated rings. The van der Waals surface area contributed by atoms with Crippen LogP contribution in [0.4, 0.5) is 5.69 Å². The van der Waals surface area contributed by atoms with Crippen molar-refractivity contribution in [1.29, 1.82) is 5.26 Å². The molecule has 0 spiro atoms. The number of rotatable bonds is 3. The van der Waals surface area contributed by atoms with Gasteiger partial charge in [-0.25, -0.2) is 0 Å². The van der Waals surface area contributed by atoms with E-state index in [1.807, 2.05) is 11.5 Å². The molecule has 0 bridgehead atoms. The minimum Gasteiger partial charge on any atom is -0.481 e. The van der Waals surface area contributed by atoms with Gasteiger partial charge in [0.15, 0.2) is 0 Å². The molecule has 0 aromatic carbocycles. The van der Waals surface area contributed by atoms with Crippen molar-refractivity contribution < 1.29 is 4.74 Å². The fraction of sp³-hybridized carbons (Fsp3) is 0.500. The predicted octanol–water partition coefficient (Wildman–Crippen LogP) is 1.92. The largest absolute Gasteiger partial charge is 0.481 e. The summed E-state index contributed by atoms with van der Waals surface area (Å²) in [6, 6.07) is 3.97. The molecular weight excluding hydrogens is 178 g/mol. The number of nitrogens with two attached hydrogens (primary N) is 1. The number of nitriles is 1. The molecule has 0 amide bonds. The van der Waals surface area contributed by atoms with Crippen molar-refractivity contribution in [2.45, 2.75) is 26.3 Å².